The van der Waals surface area contributed by atoms with Crippen molar-refractivity contribution in [2.24, 2.45) is 5.92 Å². The molecule has 3 rings (SSSR count). The van der Waals surface area contributed by atoms with E-state index in [1.165, 1.54) is 41.7 Å². The van der Waals surface area contributed by atoms with Gasteiger partial charge < -0.3 is 10.6 Å². The van der Waals surface area contributed by atoms with Gasteiger partial charge in [0.05, 0.1) is 0 Å². The van der Waals surface area contributed by atoms with Crippen molar-refractivity contribution < 1.29 is 0 Å². The van der Waals surface area contributed by atoms with E-state index in [0.29, 0.717) is 0 Å². The fourth-order valence-corrected chi connectivity index (χ4v) is 3.36. The number of piperidine rings is 1. The number of benzene rings is 1. The average Bonchev–Trinajstić information content (AvgIpc) is 2.73. The highest BCUT2D eigenvalue weighted by molar-refractivity contribution is 9.10. The Kier molecular flexibility index (Phi) is 2.90. The molecule has 1 atom stereocenters. The number of anilines is 1. The van der Waals surface area contributed by atoms with E-state index >= 15 is 0 Å². The summed E-state index contributed by atoms with van der Waals surface area (Å²) in [7, 11) is 0. The van der Waals surface area contributed by atoms with E-state index in [-0.39, 0.29) is 0 Å². The third-order valence-corrected chi connectivity index (χ3v) is 4.37. The molecule has 2 aliphatic heterocycles. The molecule has 0 saturated carbocycles. The second-order valence-corrected chi connectivity index (χ2v) is 5.72. The summed E-state index contributed by atoms with van der Waals surface area (Å²) in [5, 5.41) is 6.98. The van der Waals surface area contributed by atoms with Crippen molar-refractivity contribution in [1.29, 1.82) is 0 Å². The zero-order valence-corrected chi connectivity index (χ0v) is 10.9. The molecular weight excluding hydrogens is 264 g/mol. The van der Waals surface area contributed by atoms with Crippen LogP contribution in [-0.2, 0) is 0 Å². The minimum absolute atomic E-state index is 0.727. The first-order valence-electron chi connectivity index (χ1n) is 6.08. The number of rotatable bonds is 1. The van der Waals surface area contributed by atoms with E-state index < -0.39 is 0 Å². The summed E-state index contributed by atoms with van der Waals surface area (Å²) in [6.45, 7) is 3.50. The van der Waals surface area contributed by atoms with Gasteiger partial charge in [0.1, 0.15) is 0 Å². The van der Waals surface area contributed by atoms with Crippen molar-refractivity contribution in [2.45, 2.75) is 18.8 Å². The largest absolute Gasteiger partial charge is 0.384 e. The van der Waals surface area contributed by atoms with Gasteiger partial charge in [0.2, 0.25) is 0 Å². The van der Waals surface area contributed by atoms with E-state index in [4.69, 9.17) is 0 Å². The van der Waals surface area contributed by atoms with E-state index in [1.54, 1.807) is 0 Å². The first-order valence-corrected chi connectivity index (χ1v) is 6.88. The Bertz CT molecular complexity index is 386. The van der Waals surface area contributed by atoms with Gasteiger partial charge in [-0.25, -0.2) is 0 Å². The van der Waals surface area contributed by atoms with Crippen molar-refractivity contribution in [3.8, 4) is 0 Å². The molecule has 1 saturated heterocycles. The second kappa shape index (κ2) is 4.38. The first-order chi connectivity index (χ1) is 7.84. The summed E-state index contributed by atoms with van der Waals surface area (Å²) in [6.07, 6.45) is 2.64. The third-order valence-electron chi connectivity index (χ3n) is 3.88. The molecule has 0 aromatic heterocycles. The van der Waals surface area contributed by atoms with Gasteiger partial charge in [-0.3, -0.25) is 0 Å². The molecule has 1 unspecified atom stereocenters. The van der Waals surface area contributed by atoms with Crippen LogP contribution in [0.15, 0.2) is 22.7 Å². The van der Waals surface area contributed by atoms with Crippen molar-refractivity contribution in [3.05, 3.63) is 28.2 Å². The predicted octanol–water partition coefficient (Wildman–Crippen LogP) is 2.96. The van der Waals surface area contributed by atoms with Gasteiger partial charge in [0.25, 0.3) is 0 Å². The molecule has 2 N–H and O–H groups in total. The van der Waals surface area contributed by atoms with Crippen LogP contribution in [-0.4, -0.2) is 19.6 Å². The van der Waals surface area contributed by atoms with Gasteiger partial charge in [-0.2, -0.15) is 0 Å². The molecule has 0 spiro atoms. The molecule has 2 nitrogen and oxygen atoms in total. The molecule has 2 heterocycles. The summed E-state index contributed by atoms with van der Waals surface area (Å²) in [6, 6.07) is 6.66. The maximum absolute atomic E-state index is 3.54. The highest BCUT2D eigenvalue weighted by Crippen LogP contribution is 2.40. The normalized spacial score (nSPS) is 25.2. The summed E-state index contributed by atoms with van der Waals surface area (Å²) in [5.41, 5.74) is 2.85. The molecule has 1 fully saturated rings. The molecule has 3 heteroatoms. The Morgan fingerprint density at radius 2 is 2.00 bits per heavy atom. The van der Waals surface area contributed by atoms with Gasteiger partial charge in [0, 0.05) is 22.6 Å². The van der Waals surface area contributed by atoms with E-state index in [1.807, 2.05) is 0 Å². The monoisotopic (exact) mass is 280 g/mol. The summed E-state index contributed by atoms with van der Waals surface area (Å²) >= 11 is 3.53. The summed E-state index contributed by atoms with van der Waals surface area (Å²) < 4.78 is 1.17. The Hall–Kier alpha value is -0.540. The van der Waals surface area contributed by atoms with Crippen molar-refractivity contribution in [1.82, 2.24) is 5.32 Å². The van der Waals surface area contributed by atoms with Crippen LogP contribution in [0.4, 0.5) is 5.69 Å². The van der Waals surface area contributed by atoms with Gasteiger partial charge in [-0.15, -0.1) is 0 Å². The van der Waals surface area contributed by atoms with Crippen LogP contribution >= 0.6 is 15.9 Å². The zero-order valence-electron chi connectivity index (χ0n) is 9.30. The maximum Gasteiger partial charge on any atom is 0.0387 e. The van der Waals surface area contributed by atoms with Gasteiger partial charge >= 0.3 is 0 Å². The van der Waals surface area contributed by atoms with Gasteiger partial charge in [-0.05, 0) is 49.5 Å². The molecular formula is C13H17BrN2. The summed E-state index contributed by atoms with van der Waals surface area (Å²) in [5.74, 6) is 1.58. The van der Waals surface area contributed by atoms with Crippen LogP contribution in [0, 0.1) is 5.92 Å². The molecule has 0 bridgehead atoms. The van der Waals surface area contributed by atoms with Crippen molar-refractivity contribution >= 4 is 21.6 Å². The fourth-order valence-electron chi connectivity index (χ4n) is 3.00. The average molecular weight is 281 g/mol. The highest BCUT2D eigenvalue weighted by Gasteiger charge is 2.30. The standard InChI is InChI=1S/C13H17BrN2/c14-10-1-2-11-12(8-16-13(11)7-10)9-3-5-15-6-4-9/h1-2,7,9,12,15-16H,3-6,8H2. The molecule has 2 aliphatic rings. The lowest BCUT2D eigenvalue weighted by molar-refractivity contribution is 0.330. The molecule has 0 amide bonds. The second-order valence-electron chi connectivity index (χ2n) is 4.81. The highest BCUT2D eigenvalue weighted by atomic mass is 79.9. The Morgan fingerprint density at radius 3 is 2.81 bits per heavy atom. The SMILES string of the molecule is Brc1ccc2c(c1)NCC2C1CCNCC1. The molecule has 86 valence electrons. The third kappa shape index (κ3) is 1.87. The Labute approximate surface area is 105 Å². The minimum atomic E-state index is 0.727. The molecule has 0 radical (unpaired) electrons. The lowest BCUT2D eigenvalue weighted by Gasteiger charge is -2.28. The number of nitrogens with one attached hydrogen (secondary N) is 2. The van der Waals surface area contributed by atoms with Crippen LogP contribution in [0.2, 0.25) is 0 Å². The predicted molar refractivity (Wildman–Crippen MR) is 71.0 cm³/mol. The lowest BCUT2D eigenvalue weighted by atomic mass is 9.82. The Balaban J connectivity index is 1.84. The van der Waals surface area contributed by atoms with Gasteiger partial charge in [0.15, 0.2) is 0 Å². The number of fused-ring (bicyclic) bond motifs is 1. The topological polar surface area (TPSA) is 24.1 Å². The van der Waals surface area contributed by atoms with Gasteiger partial charge in [-0.1, -0.05) is 22.0 Å². The van der Waals surface area contributed by atoms with Crippen LogP contribution < -0.4 is 10.6 Å². The maximum atomic E-state index is 3.54. The minimum Gasteiger partial charge on any atom is -0.384 e. The Morgan fingerprint density at radius 1 is 1.19 bits per heavy atom. The molecule has 1 aromatic rings. The van der Waals surface area contributed by atoms with Crippen LogP contribution in [0.1, 0.15) is 24.3 Å². The van der Waals surface area contributed by atoms with E-state index in [2.05, 4.69) is 44.8 Å². The quantitative estimate of drug-likeness (QED) is 0.827. The van der Waals surface area contributed by atoms with E-state index in [9.17, 15) is 0 Å². The first kappa shape index (κ1) is 10.6. The van der Waals surface area contributed by atoms with Crippen LogP contribution in [0.3, 0.4) is 0 Å². The number of hydrogen-bond acceptors (Lipinski definition) is 2. The number of hydrogen-bond donors (Lipinski definition) is 2. The van der Waals surface area contributed by atoms with E-state index in [0.717, 1.165) is 18.4 Å². The van der Waals surface area contributed by atoms with Crippen LogP contribution in [0.5, 0.6) is 0 Å². The fraction of sp³-hybridized carbons (Fsp3) is 0.538. The molecule has 0 aliphatic carbocycles. The summed E-state index contributed by atoms with van der Waals surface area (Å²) in [4.78, 5) is 0. The molecule has 16 heavy (non-hydrogen) atoms. The number of halogens is 1. The lowest BCUT2D eigenvalue weighted by Crippen LogP contribution is -2.31. The zero-order chi connectivity index (χ0) is 11.0. The van der Waals surface area contributed by atoms with Crippen molar-refractivity contribution in [3.63, 3.8) is 0 Å². The van der Waals surface area contributed by atoms with Crippen molar-refractivity contribution in [2.75, 3.05) is 25.0 Å². The smallest absolute Gasteiger partial charge is 0.0387 e. The van der Waals surface area contributed by atoms with Crippen LogP contribution in [0.25, 0.3) is 0 Å². The molecule has 1 aromatic carbocycles.